The lowest BCUT2D eigenvalue weighted by Gasteiger charge is -2.11. The highest BCUT2D eigenvalue weighted by Crippen LogP contribution is 2.20. The monoisotopic (exact) mass is 382 g/mol. The molecule has 0 radical (unpaired) electrons. The highest BCUT2D eigenvalue weighted by Gasteiger charge is 2.14. The van der Waals surface area contributed by atoms with E-state index in [1.54, 1.807) is 0 Å². The Balaban J connectivity index is 3.61. The van der Waals surface area contributed by atoms with Crippen molar-refractivity contribution in [1.82, 2.24) is 0 Å². The van der Waals surface area contributed by atoms with Crippen LogP contribution >= 0.6 is 31.9 Å². The molecule has 18 heavy (non-hydrogen) atoms. The summed E-state index contributed by atoms with van der Waals surface area (Å²) in [5.74, 6) is 0.395. The maximum absolute atomic E-state index is 11.9. The second-order valence-corrected chi connectivity index (χ2v) is 7.72. The lowest BCUT2D eigenvalue weighted by molar-refractivity contribution is -0.119. The third kappa shape index (κ3) is 11.7. The molecule has 0 spiro atoms. The number of alkyl halides is 2. The van der Waals surface area contributed by atoms with Crippen LogP contribution in [-0.4, -0.2) is 15.4 Å². The van der Waals surface area contributed by atoms with E-state index < -0.39 is 0 Å². The Morgan fingerprint density at radius 1 is 0.833 bits per heavy atom. The SMILES string of the molecule is CCCCCC(Br)CC(=O)CC(Br)CCCCC. The van der Waals surface area contributed by atoms with Gasteiger partial charge in [0.1, 0.15) is 5.78 Å². The summed E-state index contributed by atoms with van der Waals surface area (Å²) in [6, 6.07) is 0. The van der Waals surface area contributed by atoms with Crippen LogP contribution in [0.3, 0.4) is 0 Å². The van der Waals surface area contributed by atoms with Gasteiger partial charge in [-0.3, -0.25) is 4.79 Å². The van der Waals surface area contributed by atoms with Gasteiger partial charge in [-0.15, -0.1) is 0 Å². The summed E-state index contributed by atoms with van der Waals surface area (Å²) in [5, 5.41) is 0. The number of hydrogen-bond acceptors (Lipinski definition) is 1. The summed E-state index contributed by atoms with van der Waals surface area (Å²) < 4.78 is 0. The van der Waals surface area contributed by atoms with Crippen LogP contribution in [0.15, 0.2) is 0 Å². The molecule has 3 heteroatoms. The van der Waals surface area contributed by atoms with Crippen LogP contribution in [0.2, 0.25) is 0 Å². The van der Waals surface area contributed by atoms with Crippen molar-refractivity contribution in [2.75, 3.05) is 0 Å². The normalized spacial score (nSPS) is 14.4. The molecular formula is C15H28Br2O. The maximum atomic E-state index is 11.9. The lowest BCUT2D eigenvalue weighted by Crippen LogP contribution is -2.12. The van der Waals surface area contributed by atoms with Gasteiger partial charge in [0.05, 0.1) is 0 Å². The van der Waals surface area contributed by atoms with Gasteiger partial charge in [0.25, 0.3) is 0 Å². The molecule has 0 amide bonds. The Bertz CT molecular complexity index is 187. The van der Waals surface area contributed by atoms with Crippen molar-refractivity contribution >= 4 is 37.6 Å². The summed E-state index contributed by atoms with van der Waals surface area (Å²) >= 11 is 7.25. The van der Waals surface area contributed by atoms with Gasteiger partial charge in [-0.2, -0.15) is 0 Å². The number of ketones is 1. The molecule has 0 aliphatic heterocycles. The van der Waals surface area contributed by atoms with Crippen molar-refractivity contribution in [3.63, 3.8) is 0 Å². The van der Waals surface area contributed by atoms with Crippen LogP contribution in [0.25, 0.3) is 0 Å². The van der Waals surface area contributed by atoms with E-state index in [0.717, 1.165) is 12.8 Å². The van der Waals surface area contributed by atoms with Crippen molar-refractivity contribution in [3.05, 3.63) is 0 Å². The molecule has 0 N–H and O–H groups in total. The summed E-state index contributed by atoms with van der Waals surface area (Å²) in [4.78, 5) is 12.6. The molecule has 0 aromatic rings. The number of rotatable bonds is 12. The van der Waals surface area contributed by atoms with E-state index >= 15 is 0 Å². The van der Waals surface area contributed by atoms with Gasteiger partial charge in [0.15, 0.2) is 0 Å². The largest absolute Gasteiger partial charge is 0.300 e. The predicted molar refractivity (Wildman–Crippen MR) is 88.0 cm³/mol. The Morgan fingerprint density at radius 2 is 1.22 bits per heavy atom. The summed E-state index contributed by atoms with van der Waals surface area (Å²) in [7, 11) is 0. The fourth-order valence-electron chi connectivity index (χ4n) is 2.01. The molecule has 0 bridgehead atoms. The zero-order valence-electron chi connectivity index (χ0n) is 11.9. The maximum Gasteiger partial charge on any atom is 0.135 e. The number of unbranched alkanes of at least 4 members (excludes halogenated alkanes) is 4. The molecule has 0 heterocycles. The van der Waals surface area contributed by atoms with Gasteiger partial charge in [-0.25, -0.2) is 0 Å². The first-order valence-corrected chi connectivity index (χ1v) is 9.23. The minimum atomic E-state index is 0.381. The number of carbonyl (C=O) groups excluding carboxylic acids is 1. The third-order valence-electron chi connectivity index (χ3n) is 3.14. The molecule has 2 unspecified atom stereocenters. The molecule has 0 rings (SSSR count). The van der Waals surface area contributed by atoms with E-state index in [0.29, 0.717) is 28.3 Å². The molecule has 2 atom stereocenters. The first-order valence-electron chi connectivity index (χ1n) is 7.39. The molecule has 0 aromatic carbocycles. The first-order chi connectivity index (χ1) is 8.60. The second kappa shape index (κ2) is 12.7. The number of Topliss-reactive ketones (excluding diaryl/α,β-unsaturated/α-hetero) is 1. The Kier molecular flexibility index (Phi) is 13.1. The number of halogens is 2. The minimum Gasteiger partial charge on any atom is -0.300 e. The number of carbonyl (C=O) groups is 1. The quantitative estimate of drug-likeness (QED) is 0.297. The van der Waals surface area contributed by atoms with Gasteiger partial charge in [-0.1, -0.05) is 84.2 Å². The summed E-state index contributed by atoms with van der Waals surface area (Å²) in [6.45, 7) is 4.42. The molecule has 1 nitrogen and oxygen atoms in total. The average Bonchev–Trinajstić information content (AvgIpc) is 2.29. The van der Waals surface area contributed by atoms with Crippen molar-refractivity contribution < 1.29 is 4.79 Å². The van der Waals surface area contributed by atoms with E-state index in [1.165, 1.54) is 38.5 Å². The van der Waals surface area contributed by atoms with E-state index in [1.807, 2.05) is 0 Å². The molecular weight excluding hydrogens is 356 g/mol. The zero-order valence-corrected chi connectivity index (χ0v) is 15.1. The Labute approximate surface area is 130 Å². The van der Waals surface area contributed by atoms with E-state index in [4.69, 9.17) is 0 Å². The Morgan fingerprint density at radius 3 is 1.56 bits per heavy atom. The fourth-order valence-corrected chi connectivity index (χ4v) is 3.38. The fraction of sp³-hybridized carbons (Fsp3) is 0.933. The van der Waals surface area contributed by atoms with Gasteiger partial charge in [0.2, 0.25) is 0 Å². The highest BCUT2D eigenvalue weighted by molar-refractivity contribution is 9.09. The van der Waals surface area contributed by atoms with Crippen LogP contribution < -0.4 is 0 Å². The smallest absolute Gasteiger partial charge is 0.135 e. The molecule has 0 saturated carbocycles. The van der Waals surface area contributed by atoms with Crippen LogP contribution in [0.4, 0.5) is 0 Å². The van der Waals surface area contributed by atoms with Gasteiger partial charge < -0.3 is 0 Å². The van der Waals surface area contributed by atoms with Crippen LogP contribution in [0.1, 0.15) is 78.1 Å². The summed E-state index contributed by atoms with van der Waals surface area (Å²) in [5.41, 5.74) is 0. The van der Waals surface area contributed by atoms with Crippen molar-refractivity contribution in [2.24, 2.45) is 0 Å². The third-order valence-corrected chi connectivity index (χ3v) is 4.70. The Hall–Kier alpha value is 0.630. The number of hydrogen-bond donors (Lipinski definition) is 0. The predicted octanol–water partition coefficient (Wildman–Crippen LogP) is 6.02. The van der Waals surface area contributed by atoms with Crippen molar-refractivity contribution in [3.8, 4) is 0 Å². The van der Waals surface area contributed by atoms with Gasteiger partial charge in [0, 0.05) is 22.5 Å². The molecule has 108 valence electrons. The average molecular weight is 384 g/mol. The first kappa shape index (κ1) is 18.6. The van der Waals surface area contributed by atoms with E-state index in [9.17, 15) is 4.79 Å². The summed E-state index contributed by atoms with van der Waals surface area (Å²) in [6.07, 6.45) is 11.1. The molecule has 0 aliphatic carbocycles. The molecule has 0 saturated heterocycles. The van der Waals surface area contributed by atoms with Gasteiger partial charge >= 0.3 is 0 Å². The molecule has 0 aromatic heterocycles. The second-order valence-electron chi connectivity index (χ2n) is 5.13. The van der Waals surface area contributed by atoms with E-state index in [2.05, 4.69) is 45.7 Å². The van der Waals surface area contributed by atoms with Crippen LogP contribution in [-0.2, 0) is 4.79 Å². The van der Waals surface area contributed by atoms with Crippen LogP contribution in [0, 0.1) is 0 Å². The topological polar surface area (TPSA) is 17.1 Å². The molecule has 0 aliphatic rings. The van der Waals surface area contributed by atoms with Crippen LogP contribution in [0.5, 0.6) is 0 Å². The van der Waals surface area contributed by atoms with Crippen molar-refractivity contribution in [1.29, 1.82) is 0 Å². The van der Waals surface area contributed by atoms with Crippen molar-refractivity contribution in [2.45, 2.75) is 87.7 Å². The molecule has 0 fully saturated rings. The standard InChI is InChI=1S/C15H28Br2O/c1-3-5-7-9-13(16)11-15(18)12-14(17)10-8-6-4-2/h13-14H,3-12H2,1-2H3. The highest BCUT2D eigenvalue weighted by atomic mass is 79.9. The zero-order chi connectivity index (χ0) is 13.8. The lowest BCUT2D eigenvalue weighted by atomic mass is 10.0. The minimum absolute atomic E-state index is 0.381. The van der Waals surface area contributed by atoms with Gasteiger partial charge in [-0.05, 0) is 12.8 Å². The van der Waals surface area contributed by atoms with E-state index in [-0.39, 0.29) is 0 Å².